The van der Waals surface area contributed by atoms with Crippen molar-refractivity contribution in [2.24, 2.45) is 10.9 Å². The van der Waals surface area contributed by atoms with E-state index in [1.165, 1.54) is 63.6 Å². The number of pyridine rings is 1. The van der Waals surface area contributed by atoms with Crippen LogP contribution in [-0.2, 0) is 9.59 Å². The van der Waals surface area contributed by atoms with E-state index in [9.17, 15) is 13.6 Å². The molecule has 2 aliphatic rings. The van der Waals surface area contributed by atoms with E-state index >= 15 is 0 Å². The summed E-state index contributed by atoms with van der Waals surface area (Å²) in [6, 6.07) is 4.33. The summed E-state index contributed by atoms with van der Waals surface area (Å²) in [6.45, 7) is 15.4. The van der Waals surface area contributed by atoms with Gasteiger partial charge in [-0.15, -0.1) is 13.2 Å². The van der Waals surface area contributed by atoms with Crippen LogP contribution in [0, 0.1) is 24.5 Å². The first-order valence-electron chi connectivity index (χ1n) is 13.8. The van der Waals surface area contributed by atoms with E-state index in [0.717, 1.165) is 11.5 Å². The molecular formula is C33H45ClF2N4O3. The lowest BCUT2D eigenvalue weighted by atomic mass is 9.91. The largest absolute Gasteiger partial charge is 0.481 e. The Morgan fingerprint density at radius 1 is 1.14 bits per heavy atom. The van der Waals surface area contributed by atoms with E-state index in [0.29, 0.717) is 22.2 Å². The SMILES string of the molecule is C=C.C=O.CC1CCCCC1.CNc1ccc(F)c(C2=CN(C)/C(=C(\C)C(C)=O)C=N2)c1F.COc1ncc(Cl)cc1C. The average Bonchev–Trinajstić information content (AvgIpc) is 3.00. The minimum Gasteiger partial charge on any atom is -0.481 e. The molecule has 0 amide bonds. The van der Waals surface area contributed by atoms with Gasteiger partial charge in [0, 0.05) is 37.6 Å². The van der Waals surface area contributed by atoms with Crippen LogP contribution in [0.25, 0.3) is 5.70 Å². The van der Waals surface area contributed by atoms with E-state index in [1.54, 1.807) is 39.2 Å². The number of nitrogens with zero attached hydrogens (tertiary/aromatic N) is 3. The van der Waals surface area contributed by atoms with Crippen LogP contribution in [0.2, 0.25) is 5.02 Å². The van der Waals surface area contributed by atoms with Gasteiger partial charge in [0.05, 0.1) is 41.0 Å². The van der Waals surface area contributed by atoms with Crippen molar-refractivity contribution in [1.29, 1.82) is 0 Å². The molecule has 0 atom stereocenters. The lowest BCUT2D eigenvalue weighted by Gasteiger charge is -2.23. The average molecular weight is 619 g/mol. The highest BCUT2D eigenvalue weighted by Crippen LogP contribution is 2.30. The minimum atomic E-state index is -0.699. The van der Waals surface area contributed by atoms with E-state index in [2.05, 4.69) is 35.4 Å². The van der Waals surface area contributed by atoms with Gasteiger partial charge in [0.25, 0.3) is 0 Å². The van der Waals surface area contributed by atoms with E-state index < -0.39 is 11.6 Å². The Kier molecular flexibility index (Phi) is 19.1. The quantitative estimate of drug-likeness (QED) is 0.273. The second-order valence-corrected chi connectivity index (χ2v) is 10.1. The molecule has 7 nitrogen and oxygen atoms in total. The number of hydrogen-bond acceptors (Lipinski definition) is 7. The lowest BCUT2D eigenvalue weighted by Crippen LogP contribution is -2.19. The summed E-state index contributed by atoms with van der Waals surface area (Å²) < 4.78 is 33.3. The van der Waals surface area contributed by atoms with Crippen LogP contribution >= 0.6 is 11.6 Å². The van der Waals surface area contributed by atoms with Crippen LogP contribution in [0.1, 0.15) is 64.0 Å². The molecule has 0 bridgehead atoms. The number of Topliss-reactive ketones (excluding diaryl/α,β-unsaturated/α-hetero) is 1. The number of benzene rings is 1. The number of carbonyl (C=O) groups excluding carboxylic acids is 2. The van der Waals surface area contributed by atoms with Gasteiger partial charge >= 0.3 is 0 Å². The first-order chi connectivity index (χ1) is 20.5. The van der Waals surface area contributed by atoms with Gasteiger partial charge in [-0.1, -0.05) is 50.6 Å². The monoisotopic (exact) mass is 618 g/mol. The summed E-state index contributed by atoms with van der Waals surface area (Å²) in [7, 11) is 4.84. The number of ketones is 1. The molecule has 43 heavy (non-hydrogen) atoms. The number of allylic oxidation sites excluding steroid dienone is 2. The second kappa shape index (κ2) is 20.9. The molecule has 1 aromatic carbocycles. The summed E-state index contributed by atoms with van der Waals surface area (Å²) in [6.07, 6.45) is 11.9. The Morgan fingerprint density at radius 2 is 1.74 bits per heavy atom. The first kappa shape index (κ1) is 39.1. The zero-order chi connectivity index (χ0) is 33.1. The number of methoxy groups -OCH3 is 1. The van der Waals surface area contributed by atoms with Crippen molar-refractivity contribution in [3.63, 3.8) is 0 Å². The normalized spacial score (nSPS) is 14.9. The van der Waals surface area contributed by atoms with Crippen molar-refractivity contribution in [2.75, 3.05) is 26.5 Å². The molecule has 236 valence electrons. The van der Waals surface area contributed by atoms with Gasteiger partial charge in [0.15, 0.2) is 11.6 Å². The number of carbonyl (C=O) groups is 2. The highest BCUT2D eigenvalue weighted by molar-refractivity contribution is 6.30. The number of nitrogens with one attached hydrogen (secondary N) is 1. The molecule has 0 unspecified atom stereocenters. The Balaban J connectivity index is 0.000000689. The van der Waals surface area contributed by atoms with Crippen molar-refractivity contribution < 1.29 is 23.1 Å². The van der Waals surface area contributed by atoms with Crippen LogP contribution in [0.5, 0.6) is 5.88 Å². The fraction of sp³-hybridized carbons (Fsp3) is 0.394. The van der Waals surface area contributed by atoms with Gasteiger partial charge in [0.1, 0.15) is 12.6 Å². The third-order valence-electron chi connectivity index (χ3n) is 6.63. The van der Waals surface area contributed by atoms with Crippen LogP contribution in [0.4, 0.5) is 14.5 Å². The van der Waals surface area contributed by atoms with Gasteiger partial charge < -0.3 is 19.7 Å². The number of halogens is 3. The number of aliphatic imine (C=N–C) groups is 1. The topological polar surface area (TPSA) is 83.9 Å². The maximum atomic E-state index is 14.3. The van der Waals surface area contributed by atoms with E-state index in [1.807, 2.05) is 19.8 Å². The Labute approximate surface area is 260 Å². The van der Waals surface area contributed by atoms with Gasteiger partial charge in [-0.05, 0) is 44.9 Å². The predicted molar refractivity (Wildman–Crippen MR) is 175 cm³/mol. The molecule has 4 rings (SSSR count). The molecule has 1 N–H and O–H groups in total. The number of anilines is 1. The summed E-state index contributed by atoms with van der Waals surface area (Å²) in [5, 5.41) is 3.30. The molecule has 0 spiro atoms. The van der Waals surface area contributed by atoms with Crippen molar-refractivity contribution >= 4 is 41.8 Å². The van der Waals surface area contributed by atoms with Crippen molar-refractivity contribution in [2.45, 2.75) is 59.8 Å². The van der Waals surface area contributed by atoms with Gasteiger partial charge in [-0.3, -0.25) is 9.79 Å². The molecule has 1 saturated carbocycles. The zero-order valence-corrected chi connectivity index (χ0v) is 27.2. The van der Waals surface area contributed by atoms with Gasteiger partial charge in [-0.2, -0.15) is 0 Å². The summed E-state index contributed by atoms with van der Waals surface area (Å²) >= 11 is 5.66. The summed E-state index contributed by atoms with van der Waals surface area (Å²) in [5.74, 6) is 0.192. The number of aromatic nitrogens is 1. The van der Waals surface area contributed by atoms with Gasteiger partial charge in [0.2, 0.25) is 5.88 Å². The number of hydrogen-bond donors (Lipinski definition) is 1. The van der Waals surface area contributed by atoms with Crippen LogP contribution in [0.15, 0.2) is 60.0 Å². The first-order valence-corrected chi connectivity index (χ1v) is 14.2. The molecule has 10 heteroatoms. The standard InChI is InChI=1S/C16H17F2N3O.C7H8ClNO.C7H14.C2H4.CH2O/c1-9(10(2)22)14-7-20-13(8-21(14)4)15-11(17)5-6-12(19-3)16(15)18;1-5-3-6(8)4-9-7(5)10-2;1-7-5-3-2-4-6-7;2*1-2/h5-8,19H,1-4H3;3-4H,1-2H3;7H,2-6H2,1H3;1-2H2;1H2/b14-9+;;;;. The second-order valence-electron chi connectivity index (χ2n) is 9.71. The molecule has 2 heterocycles. The van der Waals surface area contributed by atoms with Crippen molar-refractivity contribution in [3.8, 4) is 5.88 Å². The maximum Gasteiger partial charge on any atom is 0.216 e. The van der Waals surface area contributed by atoms with Crippen molar-refractivity contribution in [3.05, 3.63) is 82.8 Å². The summed E-state index contributed by atoms with van der Waals surface area (Å²) in [4.78, 5) is 29.1. The van der Waals surface area contributed by atoms with E-state index in [-0.39, 0.29) is 22.7 Å². The Hall–Kier alpha value is -3.85. The molecule has 1 aliphatic carbocycles. The third kappa shape index (κ3) is 12.5. The van der Waals surface area contributed by atoms with Crippen LogP contribution < -0.4 is 10.1 Å². The van der Waals surface area contributed by atoms with Crippen molar-refractivity contribution in [1.82, 2.24) is 9.88 Å². The molecule has 0 saturated heterocycles. The smallest absolute Gasteiger partial charge is 0.216 e. The molecule has 0 radical (unpaired) electrons. The molecule has 2 aromatic rings. The fourth-order valence-corrected chi connectivity index (χ4v) is 4.42. The third-order valence-corrected chi connectivity index (χ3v) is 6.84. The van der Waals surface area contributed by atoms with E-state index in [4.69, 9.17) is 21.1 Å². The minimum absolute atomic E-state index is 0.0836. The molecular weight excluding hydrogens is 574 g/mol. The molecule has 1 aromatic heterocycles. The fourth-order valence-electron chi connectivity index (χ4n) is 4.21. The number of aryl methyl sites for hydroxylation is 1. The molecule has 1 fully saturated rings. The highest BCUT2D eigenvalue weighted by atomic mass is 35.5. The zero-order valence-electron chi connectivity index (χ0n) is 26.4. The predicted octanol–water partition coefficient (Wildman–Crippen LogP) is 8.44. The molecule has 1 aliphatic heterocycles. The van der Waals surface area contributed by atoms with Gasteiger partial charge in [-0.25, -0.2) is 13.8 Å². The van der Waals surface area contributed by atoms with Crippen LogP contribution in [-0.4, -0.2) is 49.9 Å². The number of ether oxygens (including phenoxy) is 1. The lowest BCUT2D eigenvalue weighted by molar-refractivity contribution is -0.113. The summed E-state index contributed by atoms with van der Waals surface area (Å²) in [5.41, 5.74) is 2.24. The highest BCUT2D eigenvalue weighted by Gasteiger charge is 2.21. The number of rotatable bonds is 4. The maximum absolute atomic E-state index is 14.3. The Morgan fingerprint density at radius 3 is 2.19 bits per heavy atom. The van der Waals surface area contributed by atoms with Crippen LogP contribution in [0.3, 0.4) is 0 Å². The Bertz CT molecular complexity index is 1270.